The molecule has 126 valence electrons. The zero-order chi connectivity index (χ0) is 15.7. The van der Waals surface area contributed by atoms with Gasteiger partial charge >= 0.3 is 0 Å². The number of amides is 1. The summed E-state index contributed by atoms with van der Waals surface area (Å²) in [4.78, 5) is 11.9. The average molecular weight is 396 g/mol. The summed E-state index contributed by atoms with van der Waals surface area (Å²) < 4.78 is 11.9. The van der Waals surface area contributed by atoms with Gasteiger partial charge < -0.3 is 20.5 Å². The van der Waals surface area contributed by atoms with E-state index in [9.17, 15) is 4.79 Å². The molecule has 1 amide bonds. The molecule has 0 bridgehead atoms. The molecule has 0 atom stereocenters. The van der Waals surface area contributed by atoms with Crippen LogP contribution < -0.4 is 20.5 Å². The summed E-state index contributed by atoms with van der Waals surface area (Å²) in [7, 11) is 0. The molecule has 1 rings (SSSR count). The maximum Gasteiger partial charge on any atom is 0.224 e. The molecule has 7 heteroatoms. The Balaban J connectivity index is 0.00000441. The highest BCUT2D eigenvalue weighted by atomic mass is 79.9. The standard InChI is InChI=1S/C15H23BrN2O3.ClH/c1-3-20-13-8-11(9-15(19)18-7-5-6-17)12(16)10-14(13)21-4-2;/h8,10H,3-7,9,17H2,1-2H3,(H,18,19);1H. The molecule has 0 aliphatic rings. The van der Waals surface area contributed by atoms with Gasteiger partial charge in [-0.1, -0.05) is 15.9 Å². The Morgan fingerprint density at radius 1 is 1.23 bits per heavy atom. The number of carbonyl (C=O) groups excluding carboxylic acids is 1. The van der Waals surface area contributed by atoms with Gasteiger partial charge in [0.05, 0.1) is 19.6 Å². The number of ether oxygens (including phenoxy) is 2. The number of carbonyl (C=O) groups is 1. The molecule has 0 unspecified atom stereocenters. The summed E-state index contributed by atoms with van der Waals surface area (Å²) in [5.74, 6) is 1.31. The Morgan fingerprint density at radius 2 is 1.82 bits per heavy atom. The minimum absolute atomic E-state index is 0. The fraction of sp³-hybridized carbons (Fsp3) is 0.533. The Labute approximate surface area is 146 Å². The lowest BCUT2D eigenvalue weighted by Gasteiger charge is -2.14. The fourth-order valence-corrected chi connectivity index (χ4v) is 2.28. The molecule has 0 saturated carbocycles. The topological polar surface area (TPSA) is 73.6 Å². The number of rotatable bonds is 9. The number of nitrogens with two attached hydrogens (primary N) is 1. The second kappa shape index (κ2) is 11.6. The normalized spacial score (nSPS) is 9.82. The van der Waals surface area contributed by atoms with Crippen molar-refractivity contribution in [3.8, 4) is 11.5 Å². The molecular weight excluding hydrogens is 372 g/mol. The first-order valence-corrected chi connectivity index (χ1v) is 7.96. The van der Waals surface area contributed by atoms with Gasteiger partial charge in [-0.2, -0.15) is 0 Å². The zero-order valence-corrected chi connectivity index (χ0v) is 15.4. The van der Waals surface area contributed by atoms with Crippen LogP contribution in [0.3, 0.4) is 0 Å². The van der Waals surface area contributed by atoms with Gasteiger partial charge in [0.2, 0.25) is 5.91 Å². The minimum atomic E-state index is -0.0317. The van der Waals surface area contributed by atoms with Gasteiger partial charge in [-0.15, -0.1) is 12.4 Å². The summed E-state index contributed by atoms with van der Waals surface area (Å²) in [6, 6.07) is 3.69. The average Bonchev–Trinajstić information content (AvgIpc) is 2.44. The van der Waals surface area contributed by atoms with Crippen molar-refractivity contribution in [1.29, 1.82) is 0 Å². The first kappa shape index (κ1) is 21.0. The molecule has 1 aromatic rings. The number of benzene rings is 1. The van der Waals surface area contributed by atoms with Crippen molar-refractivity contribution in [3.05, 3.63) is 22.2 Å². The molecule has 0 heterocycles. The maximum atomic E-state index is 11.9. The van der Waals surface area contributed by atoms with Gasteiger partial charge in [0.15, 0.2) is 11.5 Å². The quantitative estimate of drug-likeness (QED) is 0.631. The SMILES string of the molecule is CCOc1cc(Br)c(CC(=O)NCCCN)cc1OCC.Cl. The lowest BCUT2D eigenvalue weighted by Crippen LogP contribution is -2.27. The van der Waals surface area contributed by atoms with Crippen molar-refractivity contribution in [3.63, 3.8) is 0 Å². The van der Waals surface area contributed by atoms with E-state index in [4.69, 9.17) is 15.2 Å². The van der Waals surface area contributed by atoms with Crippen molar-refractivity contribution >= 4 is 34.2 Å². The number of halogens is 2. The van der Waals surface area contributed by atoms with E-state index in [1.807, 2.05) is 26.0 Å². The van der Waals surface area contributed by atoms with Gasteiger partial charge in [-0.25, -0.2) is 0 Å². The second-order valence-corrected chi connectivity index (χ2v) is 5.28. The van der Waals surface area contributed by atoms with Gasteiger partial charge in [0.25, 0.3) is 0 Å². The van der Waals surface area contributed by atoms with E-state index in [0.717, 1.165) is 16.5 Å². The molecule has 1 aromatic carbocycles. The molecule has 3 N–H and O–H groups in total. The number of hydrogen-bond donors (Lipinski definition) is 2. The Morgan fingerprint density at radius 3 is 2.36 bits per heavy atom. The molecule has 0 aromatic heterocycles. The highest BCUT2D eigenvalue weighted by molar-refractivity contribution is 9.10. The molecule has 0 aliphatic heterocycles. The van der Waals surface area contributed by atoms with Crippen molar-refractivity contribution in [1.82, 2.24) is 5.32 Å². The second-order valence-electron chi connectivity index (χ2n) is 4.43. The largest absolute Gasteiger partial charge is 0.490 e. The zero-order valence-electron chi connectivity index (χ0n) is 13.0. The lowest BCUT2D eigenvalue weighted by molar-refractivity contribution is -0.120. The Hall–Kier alpha value is -0.980. The molecule has 0 fully saturated rings. The van der Waals surface area contributed by atoms with E-state index in [1.54, 1.807) is 0 Å². The lowest BCUT2D eigenvalue weighted by atomic mass is 10.1. The fourth-order valence-electron chi connectivity index (χ4n) is 1.81. The van der Waals surface area contributed by atoms with Crippen LogP contribution in [0.15, 0.2) is 16.6 Å². The molecule has 5 nitrogen and oxygen atoms in total. The Bertz CT molecular complexity index is 472. The van der Waals surface area contributed by atoms with Crippen LogP contribution in [0.5, 0.6) is 11.5 Å². The van der Waals surface area contributed by atoms with Gasteiger partial charge in [0, 0.05) is 11.0 Å². The van der Waals surface area contributed by atoms with Gasteiger partial charge in [-0.3, -0.25) is 4.79 Å². The van der Waals surface area contributed by atoms with Crippen molar-refractivity contribution in [2.45, 2.75) is 26.7 Å². The van der Waals surface area contributed by atoms with E-state index in [-0.39, 0.29) is 24.7 Å². The first-order chi connectivity index (χ1) is 10.1. The first-order valence-electron chi connectivity index (χ1n) is 7.17. The van der Waals surface area contributed by atoms with E-state index in [1.165, 1.54) is 0 Å². The molecule has 22 heavy (non-hydrogen) atoms. The summed E-state index contributed by atoms with van der Waals surface area (Å²) in [6.45, 7) is 6.11. The van der Waals surface area contributed by atoms with Crippen molar-refractivity contribution < 1.29 is 14.3 Å². The van der Waals surface area contributed by atoms with Crippen LogP contribution >= 0.6 is 28.3 Å². The Kier molecular flexibility index (Phi) is 11.1. The highest BCUT2D eigenvalue weighted by Gasteiger charge is 2.13. The third-order valence-corrected chi connectivity index (χ3v) is 3.50. The highest BCUT2D eigenvalue weighted by Crippen LogP contribution is 2.34. The molecule has 0 saturated heterocycles. The van der Waals surface area contributed by atoms with Crippen molar-refractivity contribution in [2.24, 2.45) is 5.73 Å². The molecule has 0 radical (unpaired) electrons. The van der Waals surface area contributed by atoms with Crippen LogP contribution in [0.1, 0.15) is 25.8 Å². The predicted molar refractivity (Wildman–Crippen MR) is 94.1 cm³/mol. The summed E-state index contributed by atoms with van der Waals surface area (Å²) in [6.07, 6.45) is 1.07. The van der Waals surface area contributed by atoms with Gasteiger partial charge in [0.1, 0.15) is 0 Å². The molecule has 0 spiro atoms. The molecular formula is C15H24BrClN2O3. The smallest absolute Gasteiger partial charge is 0.224 e. The third-order valence-electron chi connectivity index (χ3n) is 2.77. The van der Waals surface area contributed by atoms with Gasteiger partial charge in [-0.05, 0) is 44.5 Å². The van der Waals surface area contributed by atoms with Crippen LogP contribution in [-0.4, -0.2) is 32.2 Å². The van der Waals surface area contributed by atoms with Crippen LogP contribution in [-0.2, 0) is 11.2 Å². The maximum absolute atomic E-state index is 11.9. The monoisotopic (exact) mass is 394 g/mol. The predicted octanol–water partition coefficient (Wildman–Crippen LogP) is 2.68. The van der Waals surface area contributed by atoms with Crippen LogP contribution in [0, 0.1) is 0 Å². The van der Waals surface area contributed by atoms with E-state index < -0.39 is 0 Å². The van der Waals surface area contributed by atoms with E-state index in [2.05, 4.69) is 21.2 Å². The van der Waals surface area contributed by atoms with E-state index in [0.29, 0.717) is 37.8 Å². The van der Waals surface area contributed by atoms with E-state index >= 15 is 0 Å². The van der Waals surface area contributed by atoms with Crippen LogP contribution in [0.25, 0.3) is 0 Å². The summed E-state index contributed by atoms with van der Waals surface area (Å²) >= 11 is 3.48. The van der Waals surface area contributed by atoms with Crippen LogP contribution in [0.4, 0.5) is 0 Å². The molecule has 0 aliphatic carbocycles. The number of nitrogens with one attached hydrogen (secondary N) is 1. The number of hydrogen-bond acceptors (Lipinski definition) is 4. The summed E-state index contributed by atoms with van der Waals surface area (Å²) in [5, 5.41) is 2.84. The minimum Gasteiger partial charge on any atom is -0.490 e. The summed E-state index contributed by atoms with van der Waals surface area (Å²) in [5.41, 5.74) is 6.27. The van der Waals surface area contributed by atoms with Crippen molar-refractivity contribution in [2.75, 3.05) is 26.3 Å². The third kappa shape index (κ3) is 6.85. The van der Waals surface area contributed by atoms with Crippen LogP contribution in [0.2, 0.25) is 0 Å².